The van der Waals surface area contributed by atoms with E-state index in [9.17, 15) is 0 Å². The van der Waals surface area contributed by atoms with Crippen molar-refractivity contribution in [2.75, 3.05) is 6.54 Å². The molecule has 0 aromatic heterocycles. The highest BCUT2D eigenvalue weighted by atomic mass is 14.9. The first-order valence-electron chi connectivity index (χ1n) is 7.71. The molecule has 2 N–H and O–H groups in total. The maximum atomic E-state index is 4.85. The van der Waals surface area contributed by atoms with E-state index in [1.807, 2.05) is 6.92 Å². The largest absolute Gasteiger partial charge is 0.331 e. The van der Waals surface area contributed by atoms with Crippen LogP contribution in [-0.2, 0) is 0 Å². The standard InChI is InChI=1S/C13H22N2.C2H7N.H2/c1-3-7-12(8-4-1)14-11-15-13-9-5-2-6-10-13;1-2-3;/h12-13H,1-10H2;2-3H2,1H3;1H. The Hall–Kier alpha value is -0.660. The number of nitrogens with zero attached hydrogens (tertiary/aromatic N) is 2. The predicted octanol–water partition coefficient (Wildman–Crippen LogP) is 4.04. The average Bonchev–Trinajstić information content (AvgIpc) is 2.42. The number of hydrogen-bond acceptors (Lipinski definition) is 3. The first-order chi connectivity index (χ1) is 8.86. The van der Waals surface area contributed by atoms with Gasteiger partial charge in [-0.25, -0.2) is 9.98 Å². The van der Waals surface area contributed by atoms with Gasteiger partial charge in [0.1, 0.15) is 0 Å². The van der Waals surface area contributed by atoms with Gasteiger partial charge in [-0.15, -0.1) is 0 Å². The van der Waals surface area contributed by atoms with Crippen LogP contribution < -0.4 is 5.73 Å². The van der Waals surface area contributed by atoms with Gasteiger partial charge in [0, 0.05) is 1.43 Å². The van der Waals surface area contributed by atoms with E-state index in [-0.39, 0.29) is 1.43 Å². The Labute approximate surface area is 113 Å². The highest BCUT2D eigenvalue weighted by Crippen LogP contribution is 2.21. The molecule has 0 amide bonds. The van der Waals surface area contributed by atoms with Crippen molar-refractivity contribution in [3.05, 3.63) is 0 Å². The summed E-state index contributed by atoms with van der Waals surface area (Å²) in [5, 5.41) is 0. The molecule has 18 heavy (non-hydrogen) atoms. The quantitative estimate of drug-likeness (QED) is 0.742. The molecule has 106 valence electrons. The van der Waals surface area contributed by atoms with Crippen LogP contribution in [0.2, 0.25) is 0 Å². The molecule has 0 aromatic carbocycles. The van der Waals surface area contributed by atoms with Crippen LogP contribution in [0.5, 0.6) is 0 Å². The number of nitrogens with two attached hydrogens (primary N) is 1. The van der Waals surface area contributed by atoms with Crippen molar-refractivity contribution in [3.8, 4) is 0 Å². The molecular formula is C15H31N3. The van der Waals surface area contributed by atoms with E-state index in [0.717, 1.165) is 6.54 Å². The van der Waals surface area contributed by atoms with Crippen LogP contribution in [-0.4, -0.2) is 24.6 Å². The molecule has 0 aromatic rings. The van der Waals surface area contributed by atoms with Gasteiger partial charge in [0.2, 0.25) is 0 Å². The second kappa shape index (κ2) is 10.3. The maximum absolute atomic E-state index is 4.85. The lowest BCUT2D eigenvalue weighted by Gasteiger charge is -2.17. The Balaban J connectivity index is 0.000000742. The van der Waals surface area contributed by atoms with Gasteiger partial charge in [-0.1, -0.05) is 45.4 Å². The van der Waals surface area contributed by atoms with Crippen molar-refractivity contribution < 1.29 is 1.43 Å². The molecular weight excluding hydrogens is 222 g/mol. The first-order valence-corrected chi connectivity index (χ1v) is 7.71. The summed E-state index contributed by atoms with van der Waals surface area (Å²) in [5.41, 5.74) is 4.85. The minimum absolute atomic E-state index is 0. The lowest BCUT2D eigenvalue weighted by Crippen LogP contribution is -2.10. The monoisotopic (exact) mass is 253 g/mol. The van der Waals surface area contributed by atoms with E-state index < -0.39 is 0 Å². The lowest BCUT2D eigenvalue weighted by atomic mass is 9.96. The third-order valence-corrected chi connectivity index (χ3v) is 3.63. The fraction of sp³-hybridized carbons (Fsp3) is 0.933. The minimum Gasteiger partial charge on any atom is -0.331 e. The molecule has 3 nitrogen and oxygen atoms in total. The molecule has 0 saturated heterocycles. The zero-order chi connectivity index (χ0) is 13.1. The van der Waals surface area contributed by atoms with Gasteiger partial charge in [0.15, 0.2) is 0 Å². The zero-order valence-electron chi connectivity index (χ0n) is 11.9. The van der Waals surface area contributed by atoms with Gasteiger partial charge < -0.3 is 5.73 Å². The molecule has 2 aliphatic rings. The van der Waals surface area contributed by atoms with Crippen molar-refractivity contribution >= 4 is 6.01 Å². The molecule has 0 aliphatic heterocycles. The topological polar surface area (TPSA) is 50.7 Å². The van der Waals surface area contributed by atoms with Gasteiger partial charge >= 0.3 is 0 Å². The van der Waals surface area contributed by atoms with Crippen LogP contribution in [0.15, 0.2) is 9.98 Å². The smallest absolute Gasteiger partial charge is 0.0898 e. The maximum Gasteiger partial charge on any atom is 0.0898 e. The van der Waals surface area contributed by atoms with E-state index in [0.29, 0.717) is 12.1 Å². The van der Waals surface area contributed by atoms with Crippen LogP contribution in [0.1, 0.15) is 72.6 Å². The second-order valence-corrected chi connectivity index (χ2v) is 5.35. The van der Waals surface area contributed by atoms with Gasteiger partial charge in [-0.3, -0.25) is 0 Å². The fourth-order valence-electron chi connectivity index (χ4n) is 2.62. The molecule has 3 heteroatoms. The van der Waals surface area contributed by atoms with E-state index in [4.69, 9.17) is 5.73 Å². The van der Waals surface area contributed by atoms with Crippen LogP contribution in [0.3, 0.4) is 0 Å². The van der Waals surface area contributed by atoms with E-state index in [1.54, 1.807) is 0 Å². The molecule has 2 aliphatic carbocycles. The first kappa shape index (κ1) is 15.4. The fourth-order valence-corrected chi connectivity index (χ4v) is 2.62. The zero-order valence-corrected chi connectivity index (χ0v) is 11.9. The summed E-state index contributed by atoms with van der Waals surface area (Å²) in [6.45, 7) is 2.65. The Kier molecular flexibility index (Phi) is 8.79. The van der Waals surface area contributed by atoms with Crippen LogP contribution in [0, 0.1) is 0 Å². The van der Waals surface area contributed by atoms with Crippen molar-refractivity contribution in [1.82, 2.24) is 0 Å². The molecule has 0 bridgehead atoms. The normalized spacial score (nSPS) is 21.4. The highest BCUT2D eigenvalue weighted by molar-refractivity contribution is 5.42. The molecule has 0 heterocycles. The summed E-state index contributed by atoms with van der Waals surface area (Å²) in [6.07, 6.45) is 13.2. The minimum atomic E-state index is 0. The number of aliphatic imine (C=N–C) groups is 2. The summed E-state index contributed by atoms with van der Waals surface area (Å²) in [4.78, 5) is 8.92. The van der Waals surface area contributed by atoms with Gasteiger partial charge in [-0.05, 0) is 32.2 Å². The molecule has 0 radical (unpaired) electrons. The Morgan fingerprint density at radius 3 is 1.56 bits per heavy atom. The number of rotatable bonds is 2. The van der Waals surface area contributed by atoms with E-state index in [1.165, 1.54) is 64.2 Å². The molecule has 2 saturated carbocycles. The molecule has 2 rings (SSSR count). The van der Waals surface area contributed by atoms with Crippen molar-refractivity contribution in [2.45, 2.75) is 83.2 Å². The summed E-state index contributed by atoms with van der Waals surface area (Å²) in [5.74, 6) is 0. The van der Waals surface area contributed by atoms with Crippen molar-refractivity contribution in [1.29, 1.82) is 0 Å². The van der Waals surface area contributed by atoms with Crippen LogP contribution in [0.25, 0.3) is 0 Å². The van der Waals surface area contributed by atoms with E-state index in [2.05, 4.69) is 16.0 Å². The molecule has 0 atom stereocenters. The summed E-state index contributed by atoms with van der Waals surface area (Å²) in [7, 11) is 0. The van der Waals surface area contributed by atoms with E-state index >= 15 is 0 Å². The average molecular weight is 253 g/mol. The predicted molar refractivity (Wildman–Crippen MR) is 80.5 cm³/mol. The van der Waals surface area contributed by atoms with Gasteiger partial charge in [-0.2, -0.15) is 0 Å². The SMILES string of the molecule is C(=NC1CCCCC1)=NC1CCCCC1.CCN.[HH]. The Bertz CT molecular complexity index is 228. The second-order valence-electron chi connectivity index (χ2n) is 5.35. The third kappa shape index (κ3) is 6.93. The molecule has 0 unspecified atom stereocenters. The van der Waals surface area contributed by atoms with Crippen molar-refractivity contribution in [3.63, 3.8) is 0 Å². The van der Waals surface area contributed by atoms with Gasteiger partial charge in [0.05, 0.1) is 18.1 Å². The van der Waals surface area contributed by atoms with Crippen molar-refractivity contribution in [2.24, 2.45) is 15.7 Å². The molecule has 0 spiro atoms. The lowest BCUT2D eigenvalue weighted by molar-refractivity contribution is 0.438. The Morgan fingerprint density at radius 1 is 0.889 bits per heavy atom. The third-order valence-electron chi connectivity index (χ3n) is 3.63. The highest BCUT2D eigenvalue weighted by Gasteiger charge is 2.12. The summed E-state index contributed by atoms with van der Waals surface area (Å²) >= 11 is 0. The summed E-state index contributed by atoms with van der Waals surface area (Å²) in [6, 6.07) is 4.04. The summed E-state index contributed by atoms with van der Waals surface area (Å²) < 4.78 is 0. The van der Waals surface area contributed by atoms with Gasteiger partial charge in [0.25, 0.3) is 0 Å². The van der Waals surface area contributed by atoms with Crippen LogP contribution in [0.4, 0.5) is 0 Å². The Morgan fingerprint density at radius 2 is 1.22 bits per heavy atom. The van der Waals surface area contributed by atoms with Crippen LogP contribution >= 0.6 is 0 Å². The number of hydrogen-bond donors (Lipinski definition) is 1. The molecule has 2 fully saturated rings.